The Morgan fingerprint density at radius 3 is 2.46 bits per heavy atom. The third-order valence-corrected chi connectivity index (χ3v) is 12.2. The predicted octanol–water partition coefficient (Wildman–Crippen LogP) is 5.72. The Kier molecular flexibility index (Phi) is 11.6. The number of benzene rings is 3. The number of anilines is 1. The maximum Gasteiger partial charge on any atom is 0.251 e. The minimum absolute atomic E-state index is 0.0555. The molecule has 52 heavy (non-hydrogen) atoms. The van der Waals surface area contributed by atoms with Crippen molar-refractivity contribution < 1.29 is 19.1 Å². The predicted molar refractivity (Wildman–Crippen MR) is 209 cm³/mol. The number of methoxy groups -OCH3 is 1. The van der Waals surface area contributed by atoms with Crippen LogP contribution in [-0.2, 0) is 22.5 Å². The van der Waals surface area contributed by atoms with Crippen LogP contribution < -0.4 is 20.3 Å². The molecule has 0 radical (unpaired) electrons. The third-order valence-electron chi connectivity index (χ3n) is 12.2. The molecule has 9 heteroatoms. The first-order valence-electron chi connectivity index (χ1n) is 19.0. The lowest BCUT2D eigenvalue weighted by Gasteiger charge is -2.62. The van der Waals surface area contributed by atoms with Crippen molar-refractivity contribution in [1.82, 2.24) is 20.4 Å². The molecule has 2 bridgehead atoms. The number of morpholine rings is 1. The first-order chi connectivity index (χ1) is 24.8. The molecule has 9 nitrogen and oxygen atoms in total. The van der Waals surface area contributed by atoms with E-state index in [1.165, 1.54) is 12.0 Å². The van der Waals surface area contributed by atoms with E-state index in [9.17, 15) is 9.59 Å². The smallest absolute Gasteiger partial charge is 0.251 e. The van der Waals surface area contributed by atoms with E-state index in [2.05, 4.69) is 65.5 Å². The van der Waals surface area contributed by atoms with Crippen LogP contribution in [0.2, 0.25) is 0 Å². The molecule has 3 saturated carbocycles. The number of para-hydroxylation sites is 1. The fraction of sp³-hybridized carbons (Fsp3) is 0.535. The average molecular weight is 710 g/mol. The first-order valence-corrected chi connectivity index (χ1v) is 19.0. The van der Waals surface area contributed by atoms with Crippen molar-refractivity contribution >= 4 is 17.5 Å². The van der Waals surface area contributed by atoms with Crippen LogP contribution in [-0.4, -0.2) is 101 Å². The fourth-order valence-corrected chi connectivity index (χ4v) is 9.01. The Hall–Kier alpha value is -3.92. The van der Waals surface area contributed by atoms with Crippen LogP contribution in [0.4, 0.5) is 5.69 Å². The number of ether oxygens (including phenoxy) is 2. The summed E-state index contributed by atoms with van der Waals surface area (Å²) in [4.78, 5) is 34.2. The Morgan fingerprint density at radius 1 is 1.02 bits per heavy atom. The second-order valence-corrected chi connectivity index (χ2v) is 16.4. The van der Waals surface area contributed by atoms with E-state index in [4.69, 9.17) is 9.47 Å². The second kappa shape index (κ2) is 16.0. The Balaban J connectivity index is 1.22. The molecule has 0 aromatic heterocycles. The zero-order valence-electron chi connectivity index (χ0n) is 32.4. The monoisotopic (exact) mass is 709 g/mol. The number of carbonyl (C=O) groups excluding carboxylic acids is 2. The summed E-state index contributed by atoms with van der Waals surface area (Å²) in [5, 5.41) is 6.77. The summed E-state index contributed by atoms with van der Waals surface area (Å²) < 4.78 is 12.0. The Labute approximate surface area is 311 Å². The van der Waals surface area contributed by atoms with Gasteiger partial charge in [-0.15, -0.1) is 0 Å². The number of rotatable bonds is 13. The largest absolute Gasteiger partial charge is 0.496 e. The molecule has 2 N–H and O–H groups in total. The number of hydrogen-bond acceptors (Lipinski definition) is 7. The molecule has 3 aliphatic carbocycles. The van der Waals surface area contributed by atoms with Crippen molar-refractivity contribution in [3.05, 3.63) is 83.4 Å². The Morgan fingerprint density at radius 2 is 1.79 bits per heavy atom. The standard InChI is InChI=1S/C43H59N5O4/c1-28-37-23-33(43(37,2)3)24-38(28)45-42(50)39-27-52-18-17-48(39)25-30-15-12-16-36(40(30)51-8)31-20-32(22-35(21-31)47(6)7)41(49)44-34(26-46(4)5)19-29-13-10-9-11-14-29/h9-16,20-22,28,33-34,37-39H,17-19,23-27H2,1-8H3,(H,44,49)(H,45,50)/t28-,33-,34-,37-,38-,39-/m0/s1. The number of nitrogens with one attached hydrogen (secondary N) is 2. The van der Waals surface area contributed by atoms with Gasteiger partial charge >= 0.3 is 0 Å². The first kappa shape index (κ1) is 37.8. The lowest BCUT2D eigenvalue weighted by molar-refractivity contribution is -0.142. The van der Waals surface area contributed by atoms with Crippen molar-refractivity contribution in [3.63, 3.8) is 0 Å². The third kappa shape index (κ3) is 8.17. The van der Waals surface area contributed by atoms with Gasteiger partial charge in [-0.3, -0.25) is 14.5 Å². The highest BCUT2D eigenvalue weighted by molar-refractivity contribution is 5.97. The number of fused-ring (bicyclic) bond motifs is 2. The molecule has 1 saturated heterocycles. The number of nitrogens with zero attached hydrogens (tertiary/aromatic N) is 3. The van der Waals surface area contributed by atoms with Crippen LogP contribution in [0.1, 0.15) is 55.1 Å². The van der Waals surface area contributed by atoms with Crippen molar-refractivity contribution in [1.29, 1.82) is 0 Å². The maximum absolute atomic E-state index is 13.9. The SMILES string of the molecule is COc1c(CN2CCOC[C@H]2C(=O)N[C@H]2C[C@@H]3C[C@@H]([C@@H]2C)C3(C)C)cccc1-c1cc(C(=O)N[C@@H](Cc2ccccc2)CN(C)C)cc(N(C)C)c1. The lowest BCUT2D eigenvalue weighted by atomic mass is 9.45. The highest BCUT2D eigenvalue weighted by Gasteiger charge is 2.56. The highest BCUT2D eigenvalue weighted by atomic mass is 16.5. The van der Waals surface area contributed by atoms with E-state index in [1.807, 2.05) is 75.6 Å². The number of likely N-dealkylation sites (N-methyl/N-ethyl adjacent to an activating group) is 1. The van der Waals surface area contributed by atoms with Gasteiger partial charge in [-0.2, -0.15) is 0 Å². The van der Waals surface area contributed by atoms with Gasteiger partial charge < -0.3 is 29.9 Å². The molecular weight excluding hydrogens is 651 g/mol. The quantitative estimate of drug-likeness (QED) is 0.235. The van der Waals surface area contributed by atoms with Gasteiger partial charge in [0.2, 0.25) is 5.91 Å². The van der Waals surface area contributed by atoms with Crippen LogP contribution in [0.15, 0.2) is 66.7 Å². The molecule has 3 aromatic rings. The van der Waals surface area contributed by atoms with E-state index in [0.717, 1.165) is 47.5 Å². The highest BCUT2D eigenvalue weighted by Crippen LogP contribution is 2.61. The molecule has 6 atom stereocenters. The van der Waals surface area contributed by atoms with E-state index in [1.54, 1.807) is 7.11 Å². The molecule has 1 aliphatic heterocycles. The summed E-state index contributed by atoms with van der Waals surface area (Å²) in [5.74, 6) is 2.49. The number of hydrogen-bond donors (Lipinski definition) is 2. The lowest BCUT2D eigenvalue weighted by Crippen LogP contribution is -2.63. The molecule has 3 aromatic carbocycles. The van der Waals surface area contributed by atoms with E-state index in [0.29, 0.717) is 55.0 Å². The van der Waals surface area contributed by atoms with Crippen molar-refractivity contribution in [2.45, 2.75) is 64.7 Å². The average Bonchev–Trinajstić information content (AvgIpc) is 3.12. The van der Waals surface area contributed by atoms with Gasteiger partial charge in [0.05, 0.1) is 20.3 Å². The van der Waals surface area contributed by atoms with Crippen LogP contribution in [0.25, 0.3) is 11.1 Å². The zero-order valence-corrected chi connectivity index (χ0v) is 32.4. The van der Waals surface area contributed by atoms with Gasteiger partial charge in [-0.1, -0.05) is 69.3 Å². The van der Waals surface area contributed by atoms with Gasteiger partial charge in [-0.05, 0) is 85.9 Å². The molecular formula is C43H59N5O4. The maximum atomic E-state index is 13.9. The number of carbonyl (C=O) groups is 2. The molecule has 4 aliphatic rings. The molecule has 2 amide bonds. The van der Waals surface area contributed by atoms with Gasteiger partial charge in [0.1, 0.15) is 11.8 Å². The summed E-state index contributed by atoms with van der Waals surface area (Å²) >= 11 is 0. The zero-order chi connectivity index (χ0) is 37.2. The summed E-state index contributed by atoms with van der Waals surface area (Å²) in [5.41, 5.74) is 5.85. The normalized spacial score (nSPS) is 24.4. The molecule has 4 fully saturated rings. The minimum atomic E-state index is -0.376. The van der Waals surface area contributed by atoms with Crippen molar-refractivity contribution in [2.75, 3.05) is 66.5 Å². The van der Waals surface area contributed by atoms with Gasteiger partial charge in [0, 0.05) is 68.2 Å². The molecule has 1 heterocycles. The molecule has 7 rings (SSSR count). The van der Waals surface area contributed by atoms with Gasteiger partial charge in [-0.25, -0.2) is 0 Å². The fourth-order valence-electron chi connectivity index (χ4n) is 9.01. The van der Waals surface area contributed by atoms with Crippen molar-refractivity contribution in [2.24, 2.45) is 23.2 Å². The van der Waals surface area contributed by atoms with Crippen LogP contribution in [0.5, 0.6) is 5.75 Å². The summed E-state index contributed by atoms with van der Waals surface area (Å²) in [6.07, 6.45) is 3.07. The van der Waals surface area contributed by atoms with Crippen molar-refractivity contribution in [3.8, 4) is 16.9 Å². The van der Waals surface area contributed by atoms with E-state index >= 15 is 0 Å². The summed E-state index contributed by atoms with van der Waals surface area (Å²) in [6.45, 7) is 9.95. The second-order valence-electron chi connectivity index (χ2n) is 16.4. The van der Waals surface area contributed by atoms with Crippen LogP contribution in [0, 0.1) is 23.2 Å². The van der Waals surface area contributed by atoms with E-state index < -0.39 is 0 Å². The van der Waals surface area contributed by atoms with E-state index in [-0.39, 0.29) is 29.9 Å². The minimum Gasteiger partial charge on any atom is -0.496 e. The molecule has 280 valence electrons. The summed E-state index contributed by atoms with van der Waals surface area (Å²) in [6, 6.07) is 22.2. The Bertz CT molecular complexity index is 1710. The van der Waals surface area contributed by atoms with Crippen LogP contribution >= 0.6 is 0 Å². The topological polar surface area (TPSA) is 86.4 Å². The van der Waals surface area contributed by atoms with Gasteiger partial charge in [0.25, 0.3) is 5.91 Å². The molecule has 0 spiro atoms. The van der Waals surface area contributed by atoms with Crippen LogP contribution in [0.3, 0.4) is 0 Å². The number of amides is 2. The summed E-state index contributed by atoms with van der Waals surface area (Å²) in [7, 11) is 9.72. The molecule has 0 unspecified atom stereocenters. The van der Waals surface area contributed by atoms with Gasteiger partial charge in [0.15, 0.2) is 0 Å².